The van der Waals surface area contributed by atoms with Crippen LogP contribution >= 0.6 is 12.2 Å². The summed E-state index contributed by atoms with van der Waals surface area (Å²) in [5.74, 6) is -0.541. The van der Waals surface area contributed by atoms with Gasteiger partial charge in [-0.25, -0.2) is 8.42 Å². The first-order valence-electron chi connectivity index (χ1n) is 9.19. The molecule has 0 saturated heterocycles. The van der Waals surface area contributed by atoms with Gasteiger partial charge in [0.2, 0.25) is 0 Å². The molecule has 9 nitrogen and oxygen atoms in total. The lowest BCUT2D eigenvalue weighted by atomic mass is 10.2. The van der Waals surface area contributed by atoms with Crippen LogP contribution in [0.2, 0.25) is 0 Å². The largest absolute Gasteiger partial charge is 0.332 e. The number of nitro benzene ring substituents is 1. The quantitative estimate of drug-likeness (QED) is 0.321. The maximum Gasteiger partial charge on any atom is 0.269 e. The summed E-state index contributed by atoms with van der Waals surface area (Å²) in [5.41, 5.74) is 1.07. The summed E-state index contributed by atoms with van der Waals surface area (Å²) in [5, 5.41) is 15.9. The molecule has 0 spiro atoms. The first kappa shape index (κ1) is 22.8. The van der Waals surface area contributed by atoms with E-state index in [1.54, 1.807) is 30.3 Å². The number of hydrogen-bond donors (Lipinski definition) is 2. The Morgan fingerprint density at radius 2 is 1.56 bits per heavy atom. The maximum atomic E-state index is 12.8. The molecule has 0 unspecified atom stereocenters. The van der Waals surface area contributed by atoms with Gasteiger partial charge in [-0.15, -0.1) is 0 Å². The number of sulfonamides is 1. The fourth-order valence-electron chi connectivity index (χ4n) is 2.72. The Morgan fingerprint density at radius 3 is 2.12 bits per heavy atom. The van der Waals surface area contributed by atoms with Crippen molar-refractivity contribution >= 4 is 50.3 Å². The molecule has 1 amide bonds. The van der Waals surface area contributed by atoms with Crippen LogP contribution in [0, 0.1) is 10.1 Å². The van der Waals surface area contributed by atoms with Gasteiger partial charge in [0.15, 0.2) is 5.11 Å². The van der Waals surface area contributed by atoms with Crippen molar-refractivity contribution in [3.05, 3.63) is 94.5 Å². The fraction of sp³-hybridized carbons (Fsp3) is 0.0476. The molecule has 11 heteroatoms. The number of thiocarbonyl (C=S) groups is 1. The molecule has 0 aromatic heterocycles. The van der Waals surface area contributed by atoms with E-state index in [1.165, 1.54) is 59.9 Å². The van der Waals surface area contributed by atoms with Gasteiger partial charge >= 0.3 is 0 Å². The molecule has 3 aromatic rings. The van der Waals surface area contributed by atoms with Gasteiger partial charge in [0.05, 0.1) is 15.5 Å². The van der Waals surface area contributed by atoms with Gasteiger partial charge in [-0.1, -0.05) is 18.2 Å². The highest BCUT2D eigenvalue weighted by Gasteiger charge is 2.21. The Hall–Kier alpha value is -3.83. The minimum atomic E-state index is -3.75. The molecule has 3 aromatic carbocycles. The van der Waals surface area contributed by atoms with Crippen LogP contribution in [-0.2, 0) is 10.0 Å². The molecule has 0 aliphatic rings. The number of rotatable bonds is 6. The Kier molecular flexibility index (Phi) is 6.81. The number of carbonyl (C=O) groups is 1. The Bertz CT molecular complexity index is 1250. The average Bonchev–Trinajstić information content (AvgIpc) is 2.79. The fourth-order valence-corrected chi connectivity index (χ4v) is 4.12. The van der Waals surface area contributed by atoms with Crippen LogP contribution < -0.4 is 14.9 Å². The highest BCUT2D eigenvalue weighted by Crippen LogP contribution is 2.23. The van der Waals surface area contributed by atoms with E-state index in [1.807, 2.05) is 0 Å². The predicted octanol–water partition coefficient (Wildman–Crippen LogP) is 3.55. The summed E-state index contributed by atoms with van der Waals surface area (Å²) < 4.78 is 26.8. The van der Waals surface area contributed by atoms with Crippen molar-refractivity contribution < 1.29 is 18.1 Å². The minimum Gasteiger partial charge on any atom is -0.332 e. The number of anilines is 2. The second-order valence-electron chi connectivity index (χ2n) is 6.54. The molecule has 32 heavy (non-hydrogen) atoms. The van der Waals surface area contributed by atoms with Gasteiger partial charge in [0.25, 0.3) is 21.6 Å². The monoisotopic (exact) mass is 470 g/mol. The maximum absolute atomic E-state index is 12.8. The molecule has 0 bridgehead atoms. The number of benzene rings is 3. The molecule has 164 valence electrons. The van der Waals surface area contributed by atoms with Crippen LogP contribution in [0.15, 0.2) is 83.8 Å². The van der Waals surface area contributed by atoms with Crippen LogP contribution in [0.1, 0.15) is 10.4 Å². The SMILES string of the molecule is CN(c1ccccc1)S(=O)(=O)c1ccc(NC(=S)NC(=O)c2ccc([N+](=O)[O-])cc2)cc1. The van der Waals surface area contributed by atoms with Crippen molar-refractivity contribution in [2.45, 2.75) is 4.90 Å². The molecule has 0 atom stereocenters. The van der Waals surface area contributed by atoms with Crippen molar-refractivity contribution in [3.8, 4) is 0 Å². The second-order valence-corrected chi connectivity index (χ2v) is 8.92. The summed E-state index contributed by atoms with van der Waals surface area (Å²) in [7, 11) is -2.28. The van der Waals surface area contributed by atoms with Crippen molar-refractivity contribution in [2.75, 3.05) is 16.7 Å². The lowest BCUT2D eigenvalue weighted by Crippen LogP contribution is -2.34. The number of nitro groups is 1. The number of nitrogens with zero attached hydrogens (tertiary/aromatic N) is 2. The molecule has 0 radical (unpaired) electrons. The molecular formula is C21H18N4O5S2. The number of para-hydroxylation sites is 1. The molecule has 0 heterocycles. The third-order valence-corrected chi connectivity index (χ3v) is 6.46. The van der Waals surface area contributed by atoms with Gasteiger partial charge in [-0.05, 0) is 60.7 Å². The van der Waals surface area contributed by atoms with E-state index in [2.05, 4.69) is 10.6 Å². The first-order chi connectivity index (χ1) is 15.2. The molecule has 0 fully saturated rings. The number of nitrogens with one attached hydrogen (secondary N) is 2. The molecular weight excluding hydrogens is 452 g/mol. The van der Waals surface area contributed by atoms with Gasteiger partial charge in [0, 0.05) is 30.4 Å². The van der Waals surface area contributed by atoms with Crippen LogP contribution in [0.25, 0.3) is 0 Å². The topological polar surface area (TPSA) is 122 Å². The first-order valence-corrected chi connectivity index (χ1v) is 11.0. The second kappa shape index (κ2) is 9.54. The van der Waals surface area contributed by atoms with E-state index in [9.17, 15) is 23.3 Å². The summed E-state index contributed by atoms with van der Waals surface area (Å²) in [6.07, 6.45) is 0. The van der Waals surface area contributed by atoms with E-state index in [0.717, 1.165) is 0 Å². The molecule has 2 N–H and O–H groups in total. The van der Waals surface area contributed by atoms with Crippen molar-refractivity contribution in [1.82, 2.24) is 5.32 Å². The standard InChI is InChI=1S/C21H18N4O5S2/c1-24(17-5-3-2-4-6-17)32(29,30)19-13-9-16(10-14-19)22-21(31)23-20(26)15-7-11-18(12-8-15)25(27)28/h2-14H,1H3,(H2,22,23,26,31). The Labute approximate surface area is 189 Å². The Morgan fingerprint density at radius 1 is 0.969 bits per heavy atom. The van der Waals surface area contributed by atoms with Gasteiger partial charge in [0.1, 0.15) is 0 Å². The van der Waals surface area contributed by atoms with Crippen molar-refractivity contribution in [1.29, 1.82) is 0 Å². The lowest BCUT2D eigenvalue weighted by molar-refractivity contribution is -0.384. The highest BCUT2D eigenvalue weighted by atomic mass is 32.2. The van der Waals surface area contributed by atoms with E-state index in [-0.39, 0.29) is 21.3 Å². The van der Waals surface area contributed by atoms with E-state index < -0.39 is 20.9 Å². The average molecular weight is 471 g/mol. The molecule has 0 saturated carbocycles. The summed E-state index contributed by atoms with van der Waals surface area (Å²) in [4.78, 5) is 22.5. The van der Waals surface area contributed by atoms with Gasteiger partial charge in [-0.2, -0.15) is 0 Å². The van der Waals surface area contributed by atoms with Crippen LogP contribution in [0.4, 0.5) is 17.1 Å². The molecule has 0 aliphatic heterocycles. The smallest absolute Gasteiger partial charge is 0.269 e. The van der Waals surface area contributed by atoms with Crippen molar-refractivity contribution in [2.24, 2.45) is 0 Å². The van der Waals surface area contributed by atoms with Gasteiger partial charge in [-0.3, -0.25) is 24.5 Å². The normalized spacial score (nSPS) is 10.8. The zero-order chi connectivity index (χ0) is 23.3. The molecule has 0 aliphatic carbocycles. The summed E-state index contributed by atoms with van der Waals surface area (Å²) in [6, 6.07) is 19.7. The number of amides is 1. The van der Waals surface area contributed by atoms with Crippen LogP contribution in [0.3, 0.4) is 0 Å². The Balaban J connectivity index is 1.64. The van der Waals surface area contributed by atoms with E-state index >= 15 is 0 Å². The number of carbonyl (C=O) groups excluding carboxylic acids is 1. The van der Waals surface area contributed by atoms with Gasteiger partial charge < -0.3 is 5.32 Å². The summed E-state index contributed by atoms with van der Waals surface area (Å²) in [6.45, 7) is 0. The zero-order valence-electron chi connectivity index (χ0n) is 16.8. The minimum absolute atomic E-state index is 0.00892. The van der Waals surface area contributed by atoms with Crippen LogP contribution in [-0.4, -0.2) is 31.4 Å². The highest BCUT2D eigenvalue weighted by molar-refractivity contribution is 7.92. The predicted molar refractivity (Wildman–Crippen MR) is 125 cm³/mol. The number of non-ortho nitro benzene ring substituents is 1. The summed E-state index contributed by atoms with van der Waals surface area (Å²) >= 11 is 5.11. The lowest BCUT2D eigenvalue weighted by Gasteiger charge is -2.19. The van der Waals surface area contributed by atoms with E-state index in [4.69, 9.17) is 12.2 Å². The molecule has 3 rings (SSSR count). The third-order valence-electron chi connectivity index (χ3n) is 4.46. The number of hydrogen-bond acceptors (Lipinski definition) is 6. The zero-order valence-corrected chi connectivity index (χ0v) is 18.4. The third kappa shape index (κ3) is 5.25. The van der Waals surface area contributed by atoms with Crippen LogP contribution in [0.5, 0.6) is 0 Å². The van der Waals surface area contributed by atoms with E-state index in [0.29, 0.717) is 11.4 Å². The van der Waals surface area contributed by atoms with Crippen molar-refractivity contribution in [3.63, 3.8) is 0 Å².